The van der Waals surface area contributed by atoms with Crippen LogP contribution in [0.4, 0.5) is 0 Å². The Labute approximate surface area is 183 Å². The number of nitrogens with zero attached hydrogens (tertiary/aromatic N) is 2. The third kappa shape index (κ3) is 7.94. The number of aliphatic hydroxyl groups excluding tert-OH is 1. The van der Waals surface area contributed by atoms with Crippen LogP contribution >= 0.6 is 0 Å². The molecule has 0 radical (unpaired) electrons. The molecule has 170 valence electrons. The van der Waals surface area contributed by atoms with Crippen LogP contribution in [0.2, 0.25) is 0 Å². The predicted molar refractivity (Wildman–Crippen MR) is 129 cm³/mol. The summed E-state index contributed by atoms with van der Waals surface area (Å²) in [5.74, 6) is 1.00. The summed E-state index contributed by atoms with van der Waals surface area (Å²) in [6.45, 7) is 12.6. The van der Waals surface area contributed by atoms with Crippen molar-refractivity contribution in [1.82, 2.24) is 0 Å². The molecule has 0 saturated carbocycles. The fourth-order valence-corrected chi connectivity index (χ4v) is 3.03. The number of aliphatic hydroxyl groups is 1. The second-order valence-corrected chi connectivity index (χ2v) is 6.82. The zero-order chi connectivity index (χ0) is 21.7. The molecule has 1 aliphatic rings. The third-order valence-electron chi connectivity index (χ3n) is 4.59. The summed E-state index contributed by atoms with van der Waals surface area (Å²) in [6, 6.07) is 10.2. The van der Waals surface area contributed by atoms with Crippen LogP contribution in [0.5, 0.6) is 0 Å². The van der Waals surface area contributed by atoms with E-state index in [1.807, 2.05) is 53.7 Å². The highest BCUT2D eigenvalue weighted by molar-refractivity contribution is 5.97. The van der Waals surface area contributed by atoms with Crippen molar-refractivity contribution >= 4 is 11.8 Å². The normalized spacial score (nSPS) is 21.5. The van der Waals surface area contributed by atoms with Gasteiger partial charge in [-0.3, -0.25) is 0 Å². The van der Waals surface area contributed by atoms with Crippen molar-refractivity contribution in [3.8, 4) is 0 Å². The summed E-state index contributed by atoms with van der Waals surface area (Å²) in [6.07, 6.45) is 5.91. The van der Waals surface area contributed by atoms with E-state index < -0.39 is 11.6 Å². The van der Waals surface area contributed by atoms with Crippen LogP contribution in [0.3, 0.4) is 0 Å². The molecule has 5 nitrogen and oxygen atoms in total. The van der Waals surface area contributed by atoms with Crippen molar-refractivity contribution in [2.45, 2.75) is 85.9 Å². The quantitative estimate of drug-likeness (QED) is 0.440. The summed E-state index contributed by atoms with van der Waals surface area (Å²) in [5, 5.41) is 10.8. The van der Waals surface area contributed by atoms with Gasteiger partial charge in [-0.05, 0) is 52.5 Å². The lowest BCUT2D eigenvalue weighted by atomic mass is 9.92. The third-order valence-corrected chi connectivity index (χ3v) is 4.59. The van der Waals surface area contributed by atoms with Crippen LogP contribution < -0.4 is 0 Å². The van der Waals surface area contributed by atoms with Gasteiger partial charge < -0.3 is 14.6 Å². The van der Waals surface area contributed by atoms with Gasteiger partial charge in [0.15, 0.2) is 5.54 Å². The van der Waals surface area contributed by atoms with Crippen LogP contribution in [0, 0.1) is 0 Å². The summed E-state index contributed by atoms with van der Waals surface area (Å²) >= 11 is 0. The van der Waals surface area contributed by atoms with E-state index in [1.54, 1.807) is 6.08 Å². The van der Waals surface area contributed by atoms with Gasteiger partial charge in [-0.15, -0.1) is 0 Å². The van der Waals surface area contributed by atoms with Gasteiger partial charge in [0.25, 0.3) is 0 Å². The summed E-state index contributed by atoms with van der Waals surface area (Å²) in [7, 11) is 0. The number of ether oxygens (including phenoxy) is 2. The van der Waals surface area contributed by atoms with Gasteiger partial charge in [0.1, 0.15) is 12.1 Å². The highest BCUT2D eigenvalue weighted by Gasteiger charge is 2.43. The predicted octanol–water partition coefficient (Wildman–Crippen LogP) is 5.62. The Morgan fingerprint density at radius 3 is 2.37 bits per heavy atom. The molecular formula is C25H42N2O3. The van der Waals surface area contributed by atoms with Gasteiger partial charge in [-0.2, -0.15) is 0 Å². The summed E-state index contributed by atoms with van der Waals surface area (Å²) < 4.78 is 11.3. The smallest absolute Gasteiger partial charge is 0.215 e. The minimum atomic E-state index is -0.969. The Kier molecular flexibility index (Phi) is 13.7. The molecule has 5 heteroatoms. The van der Waals surface area contributed by atoms with Crippen molar-refractivity contribution in [3.63, 3.8) is 0 Å². The lowest BCUT2D eigenvalue weighted by molar-refractivity contribution is 0.146. The molecule has 1 aromatic rings. The Morgan fingerprint density at radius 2 is 1.77 bits per heavy atom. The van der Waals surface area contributed by atoms with Gasteiger partial charge in [-0.25, -0.2) is 9.98 Å². The lowest BCUT2D eigenvalue weighted by Gasteiger charge is -2.34. The molecule has 30 heavy (non-hydrogen) atoms. The van der Waals surface area contributed by atoms with Crippen LogP contribution in [0.25, 0.3) is 0 Å². The van der Waals surface area contributed by atoms with Crippen LogP contribution in [-0.2, 0) is 15.9 Å². The van der Waals surface area contributed by atoms with Gasteiger partial charge in [0.2, 0.25) is 11.8 Å². The van der Waals surface area contributed by atoms with Crippen molar-refractivity contribution in [2.24, 2.45) is 9.98 Å². The average Bonchev–Trinajstić information content (AvgIpc) is 2.74. The number of rotatable bonds is 8. The molecule has 0 fully saturated rings. The molecule has 2 rings (SSSR count). The molecule has 3 atom stereocenters. The highest BCUT2D eigenvalue weighted by atomic mass is 16.5. The van der Waals surface area contributed by atoms with Gasteiger partial charge in [-0.1, -0.05) is 63.8 Å². The number of benzene rings is 1. The molecule has 0 aromatic heterocycles. The maximum atomic E-state index is 10.8. The Bertz CT molecular complexity index is 670. The van der Waals surface area contributed by atoms with Gasteiger partial charge in [0, 0.05) is 0 Å². The van der Waals surface area contributed by atoms with E-state index in [0.717, 1.165) is 19.3 Å². The first-order chi connectivity index (χ1) is 14.0. The second kappa shape index (κ2) is 14.8. The molecule has 1 unspecified atom stereocenters. The molecule has 0 bridgehead atoms. The fourth-order valence-electron chi connectivity index (χ4n) is 3.03. The minimum Gasteiger partial charge on any atom is -0.480 e. The monoisotopic (exact) mass is 418 g/mol. The van der Waals surface area contributed by atoms with E-state index in [0.29, 0.717) is 25.0 Å². The molecular weight excluding hydrogens is 376 g/mol. The van der Waals surface area contributed by atoms with Gasteiger partial charge in [0.05, 0.1) is 13.2 Å². The van der Waals surface area contributed by atoms with Crippen molar-refractivity contribution in [1.29, 1.82) is 0 Å². The van der Waals surface area contributed by atoms with E-state index >= 15 is 0 Å². The average molecular weight is 419 g/mol. The molecule has 1 heterocycles. The number of hydrogen-bond acceptors (Lipinski definition) is 5. The molecule has 0 saturated heterocycles. The first kappa shape index (κ1) is 27.9. The van der Waals surface area contributed by atoms with E-state index in [2.05, 4.69) is 34.3 Å². The van der Waals surface area contributed by atoms with E-state index in [-0.39, 0.29) is 13.5 Å². The maximum Gasteiger partial charge on any atom is 0.215 e. The first-order valence-electron chi connectivity index (χ1n) is 10.8. The molecule has 0 amide bonds. The number of aliphatic imine (C=N–C) groups is 2. The minimum absolute atomic E-state index is 0. The Balaban J connectivity index is 0.00000272. The van der Waals surface area contributed by atoms with Crippen molar-refractivity contribution in [2.75, 3.05) is 13.2 Å². The Morgan fingerprint density at radius 1 is 1.13 bits per heavy atom. The topological polar surface area (TPSA) is 63.4 Å². The highest BCUT2D eigenvalue weighted by Crippen LogP contribution is 2.26. The van der Waals surface area contributed by atoms with Crippen LogP contribution in [-0.4, -0.2) is 47.8 Å². The number of aryl methyl sites for hydroxylation is 1. The SMILES string of the molecule is C.CC.CCOC1=N[C@@](C)(C(O)/C=C/CCCc2ccccc2)C(OCC)=N[C@@H]1C. The number of unbranched alkanes of at least 4 members (excludes halogenated alkanes) is 1. The number of hydrogen-bond donors (Lipinski definition) is 1. The van der Waals surface area contributed by atoms with E-state index in [1.165, 1.54) is 5.56 Å². The van der Waals surface area contributed by atoms with Crippen LogP contribution in [0.15, 0.2) is 52.5 Å². The summed E-state index contributed by atoms with van der Waals surface area (Å²) in [5.41, 5.74) is 0.361. The van der Waals surface area contributed by atoms with Crippen LogP contribution in [0.1, 0.15) is 67.4 Å². The Hall–Kier alpha value is -2.14. The van der Waals surface area contributed by atoms with E-state index in [4.69, 9.17) is 9.47 Å². The van der Waals surface area contributed by atoms with Gasteiger partial charge >= 0.3 is 0 Å². The fraction of sp³-hybridized carbons (Fsp3) is 0.600. The zero-order valence-corrected chi connectivity index (χ0v) is 18.9. The zero-order valence-electron chi connectivity index (χ0n) is 18.9. The first-order valence-corrected chi connectivity index (χ1v) is 10.8. The van der Waals surface area contributed by atoms with Crippen molar-refractivity contribution < 1.29 is 14.6 Å². The number of allylic oxidation sites excluding steroid dienone is 1. The largest absolute Gasteiger partial charge is 0.480 e. The lowest BCUT2D eigenvalue weighted by Crippen LogP contribution is -2.50. The maximum absolute atomic E-state index is 10.8. The molecule has 1 aromatic carbocycles. The van der Waals surface area contributed by atoms with Crippen molar-refractivity contribution in [3.05, 3.63) is 48.0 Å². The molecule has 1 aliphatic heterocycles. The molecule has 0 aliphatic carbocycles. The molecule has 0 spiro atoms. The second-order valence-electron chi connectivity index (χ2n) is 6.82. The summed E-state index contributed by atoms with van der Waals surface area (Å²) in [4.78, 5) is 9.24. The standard InChI is InChI=1S/C22H32N2O3.C2H6.CH4/c1-5-26-20-17(3)23-21(27-6-2)22(4,24-20)19(25)16-12-8-11-15-18-13-9-7-10-14-18;1-2;/h7,9-10,12-14,16-17,19,25H,5-6,8,11,15H2,1-4H3;1-2H3;1H4/b16-12+;;/t17-,19?,22+;;/m1../s1. The molecule has 1 N–H and O–H groups in total. The van der Waals surface area contributed by atoms with E-state index in [9.17, 15) is 5.11 Å².